The fourth-order valence-electron chi connectivity index (χ4n) is 3.23. The number of amides is 2. The zero-order chi connectivity index (χ0) is 21.6. The molecule has 0 bridgehead atoms. The molecule has 1 fully saturated rings. The Balaban J connectivity index is 2.21. The Bertz CT molecular complexity index is 815. The Kier molecular flexibility index (Phi) is 8.18. The third-order valence-electron chi connectivity index (χ3n) is 4.98. The fraction of sp³-hybridized carbons (Fsp3) is 0.600. The van der Waals surface area contributed by atoms with Crippen LogP contribution < -0.4 is 5.32 Å². The first-order chi connectivity index (χ1) is 13.7. The van der Waals surface area contributed by atoms with Gasteiger partial charge in [0.15, 0.2) is 0 Å². The highest BCUT2D eigenvalue weighted by Gasteiger charge is 2.30. The number of benzene rings is 1. The van der Waals surface area contributed by atoms with Gasteiger partial charge in [0.1, 0.15) is 6.04 Å². The number of hydrogen-bond donors (Lipinski definition) is 1. The van der Waals surface area contributed by atoms with Crippen molar-refractivity contribution in [1.82, 2.24) is 14.5 Å². The van der Waals surface area contributed by atoms with Crippen molar-refractivity contribution >= 4 is 21.8 Å². The summed E-state index contributed by atoms with van der Waals surface area (Å²) in [6, 6.07) is 5.24. The monoisotopic (exact) mass is 425 g/mol. The largest absolute Gasteiger partial charge is 0.378 e. The van der Waals surface area contributed by atoms with E-state index in [0.717, 1.165) is 0 Å². The third kappa shape index (κ3) is 5.55. The number of carbonyl (C=O) groups excluding carboxylic acids is 2. The highest BCUT2D eigenvalue weighted by atomic mass is 32.2. The van der Waals surface area contributed by atoms with Gasteiger partial charge in [-0.1, -0.05) is 33.8 Å². The lowest BCUT2D eigenvalue weighted by Crippen LogP contribution is -2.53. The Hall–Kier alpha value is -1.97. The predicted molar refractivity (Wildman–Crippen MR) is 110 cm³/mol. The van der Waals surface area contributed by atoms with Crippen molar-refractivity contribution in [3.8, 4) is 0 Å². The molecule has 0 spiro atoms. The average Bonchev–Trinajstić information content (AvgIpc) is 2.72. The van der Waals surface area contributed by atoms with Gasteiger partial charge in [-0.15, -0.1) is 0 Å². The van der Waals surface area contributed by atoms with Crippen LogP contribution in [0.25, 0.3) is 0 Å². The fourth-order valence-corrected chi connectivity index (χ4v) is 4.73. The maximum Gasteiger partial charge on any atom is 0.251 e. The first kappa shape index (κ1) is 23.3. The third-order valence-corrected chi connectivity index (χ3v) is 7.03. The van der Waals surface area contributed by atoms with E-state index in [-0.39, 0.29) is 22.3 Å². The second-order valence-corrected chi connectivity index (χ2v) is 9.19. The zero-order valence-corrected chi connectivity index (χ0v) is 18.4. The number of nitrogens with zero attached hydrogens (tertiary/aromatic N) is 2. The Morgan fingerprint density at radius 3 is 2.34 bits per heavy atom. The van der Waals surface area contributed by atoms with E-state index in [9.17, 15) is 18.0 Å². The second kappa shape index (κ2) is 10.2. The molecule has 1 heterocycles. The minimum Gasteiger partial charge on any atom is -0.378 e. The number of nitrogens with one attached hydrogen (secondary N) is 1. The maximum atomic E-state index is 12.9. The van der Waals surface area contributed by atoms with Gasteiger partial charge in [-0.25, -0.2) is 8.42 Å². The Morgan fingerprint density at radius 2 is 1.79 bits per heavy atom. The van der Waals surface area contributed by atoms with Crippen LogP contribution in [0.4, 0.5) is 0 Å². The lowest BCUT2D eigenvalue weighted by Gasteiger charge is -2.32. The molecule has 1 aromatic carbocycles. The van der Waals surface area contributed by atoms with Crippen LogP contribution in [0.3, 0.4) is 0 Å². The molecule has 0 saturated carbocycles. The molecule has 1 atom stereocenters. The molecular formula is C20H31N3O5S. The van der Waals surface area contributed by atoms with Crippen molar-refractivity contribution in [2.45, 2.75) is 38.6 Å². The number of sulfonamides is 1. The lowest BCUT2D eigenvalue weighted by molar-refractivity contribution is -0.138. The van der Waals surface area contributed by atoms with E-state index < -0.39 is 22.0 Å². The molecule has 2 amide bonds. The van der Waals surface area contributed by atoms with Crippen molar-refractivity contribution < 1.29 is 22.7 Å². The van der Waals surface area contributed by atoms with Crippen LogP contribution in [-0.4, -0.2) is 74.9 Å². The molecule has 0 aliphatic carbocycles. The van der Waals surface area contributed by atoms with Gasteiger partial charge in [-0.3, -0.25) is 9.59 Å². The summed E-state index contributed by atoms with van der Waals surface area (Å²) in [5.41, 5.74) is 0.207. The minimum atomic E-state index is -3.67. The summed E-state index contributed by atoms with van der Waals surface area (Å²) in [4.78, 5) is 27.4. The molecule has 0 unspecified atom stereocenters. The normalized spacial score (nSPS) is 16.1. The van der Waals surface area contributed by atoms with Crippen molar-refractivity contribution in [2.75, 3.05) is 39.4 Å². The van der Waals surface area contributed by atoms with Gasteiger partial charge in [0, 0.05) is 31.7 Å². The van der Waals surface area contributed by atoms with Gasteiger partial charge >= 0.3 is 0 Å². The molecule has 162 valence electrons. The summed E-state index contributed by atoms with van der Waals surface area (Å²) in [6.45, 7) is 9.91. The van der Waals surface area contributed by atoms with Gasteiger partial charge in [0.05, 0.1) is 18.1 Å². The lowest BCUT2D eigenvalue weighted by atomic mass is 10.0. The summed E-state index contributed by atoms with van der Waals surface area (Å²) in [5, 5.41) is 2.79. The van der Waals surface area contributed by atoms with E-state index in [1.165, 1.54) is 16.4 Å². The summed E-state index contributed by atoms with van der Waals surface area (Å²) < 4.78 is 32.1. The van der Waals surface area contributed by atoms with E-state index in [1.807, 2.05) is 13.8 Å². The van der Waals surface area contributed by atoms with Crippen molar-refractivity contribution in [3.05, 3.63) is 29.8 Å². The topological polar surface area (TPSA) is 96.0 Å². The van der Waals surface area contributed by atoms with Crippen molar-refractivity contribution in [1.29, 1.82) is 0 Å². The van der Waals surface area contributed by atoms with E-state index >= 15 is 0 Å². The SMILES string of the molecule is CCN(CC)S(=O)(=O)c1cccc(C(=O)N[C@H](C(=O)N2CCOCC2)C(C)C)c1. The minimum absolute atomic E-state index is 0.0643. The number of ether oxygens (including phenoxy) is 1. The molecular weight excluding hydrogens is 394 g/mol. The Labute approximate surface area is 173 Å². The molecule has 1 aliphatic heterocycles. The van der Waals surface area contributed by atoms with E-state index in [4.69, 9.17) is 4.74 Å². The first-order valence-electron chi connectivity index (χ1n) is 10.00. The van der Waals surface area contributed by atoms with Gasteiger partial charge in [-0.2, -0.15) is 4.31 Å². The summed E-state index contributed by atoms with van der Waals surface area (Å²) in [6.07, 6.45) is 0. The van der Waals surface area contributed by atoms with Gasteiger partial charge < -0.3 is 15.0 Å². The van der Waals surface area contributed by atoms with Crippen LogP contribution in [0.1, 0.15) is 38.1 Å². The molecule has 9 heteroatoms. The van der Waals surface area contributed by atoms with E-state index in [1.54, 1.807) is 30.9 Å². The van der Waals surface area contributed by atoms with E-state index in [0.29, 0.717) is 39.4 Å². The first-order valence-corrected chi connectivity index (χ1v) is 11.4. The highest BCUT2D eigenvalue weighted by Crippen LogP contribution is 2.18. The molecule has 0 radical (unpaired) electrons. The highest BCUT2D eigenvalue weighted by molar-refractivity contribution is 7.89. The molecule has 8 nitrogen and oxygen atoms in total. The van der Waals surface area contributed by atoms with Crippen molar-refractivity contribution in [2.24, 2.45) is 5.92 Å². The number of rotatable bonds is 8. The summed E-state index contributed by atoms with van der Waals surface area (Å²) in [7, 11) is -3.67. The second-order valence-electron chi connectivity index (χ2n) is 7.25. The number of hydrogen-bond acceptors (Lipinski definition) is 5. The van der Waals surface area contributed by atoms with Gasteiger partial charge in [0.2, 0.25) is 15.9 Å². The summed E-state index contributed by atoms with van der Waals surface area (Å²) in [5.74, 6) is -0.734. The standard InChI is InChI=1S/C20H31N3O5S/c1-5-23(6-2)29(26,27)17-9-7-8-16(14-17)19(24)21-18(15(3)4)20(25)22-10-12-28-13-11-22/h7-9,14-15,18H,5-6,10-13H2,1-4H3,(H,21,24)/t18-/m0/s1. The van der Waals surface area contributed by atoms with Crippen molar-refractivity contribution in [3.63, 3.8) is 0 Å². The smallest absolute Gasteiger partial charge is 0.251 e. The average molecular weight is 426 g/mol. The number of morpholine rings is 1. The van der Waals surface area contributed by atoms with Crippen LogP contribution in [0.15, 0.2) is 29.2 Å². The number of carbonyl (C=O) groups is 2. The predicted octanol–water partition coefficient (Wildman–Crippen LogP) is 1.33. The maximum absolute atomic E-state index is 12.9. The van der Waals surface area contributed by atoms with Crippen LogP contribution in [0.2, 0.25) is 0 Å². The molecule has 0 aromatic heterocycles. The quantitative estimate of drug-likeness (QED) is 0.678. The van der Waals surface area contributed by atoms with Crippen LogP contribution in [0.5, 0.6) is 0 Å². The van der Waals surface area contributed by atoms with Gasteiger partial charge in [0.25, 0.3) is 5.91 Å². The molecule has 2 rings (SSSR count). The van der Waals surface area contributed by atoms with Crippen LogP contribution in [0, 0.1) is 5.92 Å². The molecule has 1 saturated heterocycles. The van der Waals surface area contributed by atoms with E-state index in [2.05, 4.69) is 5.32 Å². The molecule has 1 N–H and O–H groups in total. The van der Waals surface area contributed by atoms with Gasteiger partial charge in [-0.05, 0) is 24.1 Å². The van der Waals surface area contributed by atoms with Crippen LogP contribution in [-0.2, 0) is 19.6 Å². The molecule has 1 aromatic rings. The zero-order valence-electron chi connectivity index (χ0n) is 17.6. The van der Waals surface area contributed by atoms with Crippen LogP contribution >= 0.6 is 0 Å². The molecule has 1 aliphatic rings. The summed E-state index contributed by atoms with van der Waals surface area (Å²) >= 11 is 0. The Morgan fingerprint density at radius 1 is 1.17 bits per heavy atom. The molecule has 29 heavy (non-hydrogen) atoms.